The van der Waals surface area contributed by atoms with Gasteiger partial charge in [0.1, 0.15) is 0 Å². The quantitative estimate of drug-likeness (QED) is 0.630. The van der Waals surface area contributed by atoms with Gasteiger partial charge in [-0.05, 0) is 25.0 Å². The molecule has 1 fully saturated rings. The third-order valence-corrected chi connectivity index (χ3v) is 4.59. The number of benzene rings is 1. The van der Waals surface area contributed by atoms with Crippen LogP contribution < -0.4 is 10.6 Å². The average molecular weight is 362 g/mol. The van der Waals surface area contributed by atoms with Gasteiger partial charge in [-0.3, -0.25) is 4.99 Å². The third-order valence-electron chi connectivity index (χ3n) is 4.35. The number of hydrogen-bond donors (Lipinski definition) is 2. The summed E-state index contributed by atoms with van der Waals surface area (Å²) >= 11 is 6.00. The molecule has 0 aliphatic heterocycles. The highest BCUT2D eigenvalue weighted by molar-refractivity contribution is 6.30. The lowest BCUT2D eigenvalue weighted by Gasteiger charge is -2.24. The maximum Gasteiger partial charge on any atom is 0.228 e. The molecular formula is C18H24ClN5O. The van der Waals surface area contributed by atoms with Crippen molar-refractivity contribution in [2.75, 3.05) is 13.6 Å². The Morgan fingerprint density at radius 1 is 1.32 bits per heavy atom. The fourth-order valence-corrected chi connectivity index (χ4v) is 3.21. The molecule has 2 N–H and O–H groups in total. The Morgan fingerprint density at radius 2 is 2.16 bits per heavy atom. The summed E-state index contributed by atoms with van der Waals surface area (Å²) in [6, 6.07) is 7.95. The number of nitrogens with zero attached hydrogens (tertiary/aromatic N) is 3. The van der Waals surface area contributed by atoms with E-state index in [1.165, 1.54) is 32.1 Å². The number of aliphatic imine (C=N–C) groups is 1. The van der Waals surface area contributed by atoms with Crippen molar-refractivity contribution >= 4 is 17.6 Å². The van der Waals surface area contributed by atoms with Crippen LogP contribution in [-0.2, 0) is 6.42 Å². The van der Waals surface area contributed by atoms with Gasteiger partial charge in [0.25, 0.3) is 0 Å². The first kappa shape index (κ1) is 17.7. The van der Waals surface area contributed by atoms with E-state index < -0.39 is 0 Å². The van der Waals surface area contributed by atoms with Crippen molar-refractivity contribution in [3.8, 4) is 11.4 Å². The van der Waals surface area contributed by atoms with Crippen molar-refractivity contribution in [2.45, 2.75) is 44.6 Å². The topological polar surface area (TPSA) is 75.3 Å². The van der Waals surface area contributed by atoms with Gasteiger partial charge < -0.3 is 15.2 Å². The molecule has 7 heteroatoms. The second-order valence-electron chi connectivity index (χ2n) is 6.25. The lowest BCUT2D eigenvalue weighted by molar-refractivity contribution is 0.378. The van der Waals surface area contributed by atoms with E-state index in [1.807, 2.05) is 24.3 Å². The zero-order valence-electron chi connectivity index (χ0n) is 14.5. The van der Waals surface area contributed by atoms with Gasteiger partial charge in [-0.15, -0.1) is 0 Å². The summed E-state index contributed by atoms with van der Waals surface area (Å²) in [6.45, 7) is 0.684. The molecule has 134 valence electrons. The average Bonchev–Trinajstić information content (AvgIpc) is 3.11. The minimum atomic E-state index is 0.526. The summed E-state index contributed by atoms with van der Waals surface area (Å²) in [4.78, 5) is 8.71. The van der Waals surface area contributed by atoms with Crippen LogP contribution in [0.15, 0.2) is 33.8 Å². The molecule has 1 saturated carbocycles. The van der Waals surface area contributed by atoms with Gasteiger partial charge in [-0.2, -0.15) is 4.98 Å². The minimum absolute atomic E-state index is 0.526. The lowest BCUT2D eigenvalue weighted by atomic mass is 9.96. The van der Waals surface area contributed by atoms with Gasteiger partial charge in [0, 0.05) is 36.6 Å². The molecule has 1 aromatic carbocycles. The molecule has 1 aliphatic carbocycles. The highest BCUT2D eigenvalue weighted by Crippen LogP contribution is 2.20. The van der Waals surface area contributed by atoms with Gasteiger partial charge in [-0.25, -0.2) is 0 Å². The Labute approximate surface area is 153 Å². The van der Waals surface area contributed by atoms with E-state index in [4.69, 9.17) is 16.1 Å². The molecule has 0 unspecified atom stereocenters. The molecule has 0 bridgehead atoms. The zero-order valence-corrected chi connectivity index (χ0v) is 15.2. The largest absolute Gasteiger partial charge is 0.356 e. The first-order chi connectivity index (χ1) is 12.2. The van der Waals surface area contributed by atoms with Crippen LogP contribution in [-0.4, -0.2) is 35.7 Å². The van der Waals surface area contributed by atoms with Crippen molar-refractivity contribution in [3.05, 3.63) is 35.2 Å². The number of rotatable bonds is 5. The predicted molar refractivity (Wildman–Crippen MR) is 99.8 cm³/mol. The van der Waals surface area contributed by atoms with Crippen LogP contribution in [0.3, 0.4) is 0 Å². The van der Waals surface area contributed by atoms with E-state index >= 15 is 0 Å². The van der Waals surface area contributed by atoms with Gasteiger partial charge in [0.15, 0.2) is 5.96 Å². The monoisotopic (exact) mass is 361 g/mol. The minimum Gasteiger partial charge on any atom is -0.356 e. The van der Waals surface area contributed by atoms with Gasteiger partial charge in [0.2, 0.25) is 11.7 Å². The van der Waals surface area contributed by atoms with Crippen LogP contribution in [0.25, 0.3) is 11.4 Å². The Kier molecular flexibility index (Phi) is 6.28. The molecule has 6 nitrogen and oxygen atoms in total. The van der Waals surface area contributed by atoms with E-state index in [-0.39, 0.29) is 0 Å². The molecule has 0 atom stereocenters. The number of hydrogen-bond acceptors (Lipinski definition) is 4. The van der Waals surface area contributed by atoms with Crippen molar-refractivity contribution in [2.24, 2.45) is 4.99 Å². The van der Waals surface area contributed by atoms with E-state index in [1.54, 1.807) is 7.05 Å². The molecule has 0 radical (unpaired) electrons. The van der Waals surface area contributed by atoms with Gasteiger partial charge >= 0.3 is 0 Å². The molecule has 1 aromatic heterocycles. The van der Waals surface area contributed by atoms with E-state index in [0.717, 1.165) is 11.5 Å². The summed E-state index contributed by atoms with van der Waals surface area (Å²) in [7, 11) is 1.79. The Hall–Kier alpha value is -2.08. The third kappa shape index (κ3) is 5.19. The molecule has 0 spiro atoms. The van der Waals surface area contributed by atoms with Crippen molar-refractivity contribution < 1.29 is 4.52 Å². The molecule has 2 aromatic rings. The highest BCUT2D eigenvalue weighted by Gasteiger charge is 2.14. The maximum atomic E-state index is 6.00. The highest BCUT2D eigenvalue weighted by atomic mass is 35.5. The fraction of sp³-hybridized carbons (Fsp3) is 0.500. The van der Waals surface area contributed by atoms with Crippen molar-refractivity contribution in [1.29, 1.82) is 0 Å². The summed E-state index contributed by atoms with van der Waals surface area (Å²) < 4.78 is 5.32. The maximum absolute atomic E-state index is 6.00. The summed E-state index contributed by atoms with van der Waals surface area (Å²) in [5, 5.41) is 11.5. The van der Waals surface area contributed by atoms with Gasteiger partial charge in [0.05, 0.1) is 0 Å². The first-order valence-corrected chi connectivity index (χ1v) is 9.18. The lowest BCUT2D eigenvalue weighted by Crippen LogP contribution is -2.44. The normalized spacial score (nSPS) is 16.0. The summed E-state index contributed by atoms with van der Waals surface area (Å²) in [6.07, 6.45) is 7.00. The van der Waals surface area contributed by atoms with Crippen LogP contribution in [0.4, 0.5) is 0 Å². The van der Waals surface area contributed by atoms with Crippen LogP contribution in [0.2, 0.25) is 5.02 Å². The van der Waals surface area contributed by atoms with Crippen molar-refractivity contribution in [3.63, 3.8) is 0 Å². The Morgan fingerprint density at radius 3 is 2.92 bits per heavy atom. The number of aromatic nitrogens is 2. The van der Waals surface area contributed by atoms with Crippen LogP contribution >= 0.6 is 11.6 Å². The number of nitrogens with one attached hydrogen (secondary N) is 2. The predicted octanol–water partition coefficient (Wildman–Crippen LogP) is 3.43. The molecule has 1 heterocycles. The molecular weight excluding hydrogens is 338 g/mol. The first-order valence-electron chi connectivity index (χ1n) is 8.80. The van der Waals surface area contributed by atoms with E-state index in [0.29, 0.717) is 35.7 Å². The molecule has 25 heavy (non-hydrogen) atoms. The second kappa shape index (κ2) is 8.85. The number of guanidine groups is 1. The van der Waals surface area contributed by atoms with Gasteiger partial charge in [-0.1, -0.05) is 48.2 Å². The molecule has 3 rings (SSSR count). The summed E-state index contributed by atoms with van der Waals surface area (Å²) in [5.41, 5.74) is 0.852. The fourth-order valence-electron chi connectivity index (χ4n) is 3.02. The Bertz CT molecular complexity index is 709. The Balaban J connectivity index is 1.48. The molecule has 0 saturated heterocycles. The molecule has 0 amide bonds. The smallest absolute Gasteiger partial charge is 0.228 e. The van der Waals surface area contributed by atoms with E-state index in [2.05, 4.69) is 25.8 Å². The molecule has 1 aliphatic rings. The second-order valence-corrected chi connectivity index (χ2v) is 6.69. The van der Waals surface area contributed by atoms with Crippen LogP contribution in [0.5, 0.6) is 0 Å². The van der Waals surface area contributed by atoms with E-state index in [9.17, 15) is 0 Å². The zero-order chi connectivity index (χ0) is 17.5. The summed E-state index contributed by atoms with van der Waals surface area (Å²) in [5.74, 6) is 1.99. The standard InChI is InChI=1S/C18H24ClN5O/c1-20-18(22-15-8-3-2-4-9-15)21-11-10-16-23-17(24-25-16)13-6-5-7-14(19)12-13/h5-7,12,15H,2-4,8-11H2,1H3,(H2,20,21,22). The van der Waals surface area contributed by atoms with Crippen LogP contribution in [0, 0.1) is 0 Å². The van der Waals surface area contributed by atoms with Crippen LogP contribution in [0.1, 0.15) is 38.0 Å². The van der Waals surface area contributed by atoms with Crippen molar-refractivity contribution in [1.82, 2.24) is 20.8 Å². The number of halogens is 1. The SMILES string of the molecule is CN=C(NCCc1nc(-c2cccc(Cl)c2)no1)NC1CCCCC1.